The molecule has 0 saturated heterocycles. The van der Waals surface area contributed by atoms with E-state index in [-0.39, 0.29) is 23.8 Å². The fourth-order valence-corrected chi connectivity index (χ4v) is 2.37. The Bertz CT molecular complexity index is 842. The van der Waals surface area contributed by atoms with Crippen molar-refractivity contribution in [3.63, 3.8) is 0 Å². The molecule has 0 aliphatic heterocycles. The van der Waals surface area contributed by atoms with Crippen LogP contribution < -0.4 is 5.32 Å². The molecule has 24 heavy (non-hydrogen) atoms. The quantitative estimate of drug-likeness (QED) is 0.751. The van der Waals surface area contributed by atoms with Crippen LogP contribution >= 0.6 is 0 Å². The van der Waals surface area contributed by atoms with Crippen LogP contribution in [0.4, 0.5) is 4.39 Å². The first-order valence-corrected chi connectivity index (χ1v) is 7.50. The van der Waals surface area contributed by atoms with Gasteiger partial charge in [-0.25, -0.2) is 9.07 Å². The van der Waals surface area contributed by atoms with Crippen LogP contribution in [-0.2, 0) is 0 Å². The number of para-hydroxylation sites is 1. The molecule has 0 aliphatic rings. The zero-order valence-electron chi connectivity index (χ0n) is 13.1. The van der Waals surface area contributed by atoms with E-state index in [1.807, 2.05) is 0 Å². The third-order valence-corrected chi connectivity index (χ3v) is 3.57. The van der Waals surface area contributed by atoms with E-state index >= 15 is 0 Å². The first-order valence-electron chi connectivity index (χ1n) is 7.50. The van der Waals surface area contributed by atoms with Crippen LogP contribution in [0.1, 0.15) is 17.3 Å². The van der Waals surface area contributed by atoms with Gasteiger partial charge in [-0.15, -0.1) is 0 Å². The smallest absolute Gasteiger partial charge is 0.257 e. The predicted octanol–water partition coefficient (Wildman–Crippen LogP) is 1.91. The van der Waals surface area contributed by atoms with Gasteiger partial charge in [0.1, 0.15) is 17.1 Å². The molecule has 1 amide bonds. The van der Waals surface area contributed by atoms with Gasteiger partial charge in [0.2, 0.25) is 0 Å². The minimum Gasteiger partial charge on any atom is -0.394 e. The van der Waals surface area contributed by atoms with Crippen LogP contribution in [-0.4, -0.2) is 38.0 Å². The summed E-state index contributed by atoms with van der Waals surface area (Å²) in [4.78, 5) is 12.5. The van der Waals surface area contributed by atoms with Crippen LogP contribution in [0.25, 0.3) is 11.5 Å². The van der Waals surface area contributed by atoms with Crippen LogP contribution in [0.15, 0.2) is 55.0 Å². The van der Waals surface area contributed by atoms with Crippen molar-refractivity contribution in [2.45, 2.75) is 13.0 Å². The number of nitrogens with one attached hydrogen (secondary N) is 1. The normalized spacial score (nSPS) is 12.1. The Morgan fingerprint density at radius 3 is 2.67 bits per heavy atom. The van der Waals surface area contributed by atoms with Gasteiger partial charge in [-0.05, 0) is 31.2 Å². The second kappa shape index (κ2) is 6.67. The maximum Gasteiger partial charge on any atom is 0.257 e. The van der Waals surface area contributed by atoms with Gasteiger partial charge in [0.15, 0.2) is 5.82 Å². The summed E-state index contributed by atoms with van der Waals surface area (Å²) in [6, 6.07) is 9.43. The molecule has 0 saturated carbocycles. The molecular weight excluding hydrogens is 311 g/mol. The maximum atomic E-state index is 14.2. The highest BCUT2D eigenvalue weighted by molar-refractivity contribution is 5.97. The van der Waals surface area contributed by atoms with E-state index in [0.717, 1.165) is 0 Å². The van der Waals surface area contributed by atoms with Crippen molar-refractivity contribution in [3.8, 4) is 11.5 Å². The van der Waals surface area contributed by atoms with Gasteiger partial charge >= 0.3 is 0 Å². The van der Waals surface area contributed by atoms with Crippen LogP contribution in [0.3, 0.4) is 0 Å². The first-order chi connectivity index (χ1) is 11.6. The summed E-state index contributed by atoms with van der Waals surface area (Å²) in [5.74, 6) is -0.403. The van der Waals surface area contributed by atoms with Crippen molar-refractivity contribution in [2.75, 3.05) is 6.61 Å². The van der Waals surface area contributed by atoms with Gasteiger partial charge in [-0.1, -0.05) is 12.1 Å². The summed E-state index contributed by atoms with van der Waals surface area (Å²) in [5, 5.41) is 16.0. The lowest BCUT2D eigenvalue weighted by atomic mass is 10.2. The van der Waals surface area contributed by atoms with Crippen molar-refractivity contribution in [1.82, 2.24) is 19.7 Å². The number of aliphatic hydroxyl groups is 1. The number of hydrogen-bond acceptors (Lipinski definition) is 3. The predicted molar refractivity (Wildman–Crippen MR) is 86.9 cm³/mol. The van der Waals surface area contributed by atoms with Gasteiger partial charge < -0.3 is 15.0 Å². The lowest BCUT2D eigenvalue weighted by Crippen LogP contribution is -2.35. The Hall–Kier alpha value is -2.93. The molecule has 2 heterocycles. The van der Waals surface area contributed by atoms with Crippen LogP contribution in [0, 0.1) is 5.82 Å². The first kappa shape index (κ1) is 15.9. The summed E-state index contributed by atoms with van der Waals surface area (Å²) in [5.41, 5.74) is 0.533. The van der Waals surface area contributed by atoms with Gasteiger partial charge in [0.25, 0.3) is 5.91 Å². The van der Waals surface area contributed by atoms with Crippen molar-refractivity contribution in [2.24, 2.45) is 0 Å². The molecule has 1 aromatic carbocycles. The van der Waals surface area contributed by atoms with Crippen molar-refractivity contribution in [3.05, 3.63) is 66.4 Å². The number of hydrogen-bond donors (Lipinski definition) is 2. The van der Waals surface area contributed by atoms with E-state index in [2.05, 4.69) is 10.4 Å². The number of carbonyl (C=O) groups is 1. The summed E-state index contributed by atoms with van der Waals surface area (Å²) in [7, 11) is 0. The van der Waals surface area contributed by atoms with Gasteiger partial charge in [0.05, 0.1) is 12.8 Å². The van der Waals surface area contributed by atoms with Crippen LogP contribution in [0.2, 0.25) is 0 Å². The molecule has 3 rings (SSSR count). The number of aromatic nitrogens is 3. The topological polar surface area (TPSA) is 72.1 Å². The molecule has 6 nitrogen and oxygen atoms in total. The highest BCUT2D eigenvalue weighted by atomic mass is 19.1. The fraction of sp³-hybridized carbons (Fsp3) is 0.176. The van der Waals surface area contributed by atoms with Crippen molar-refractivity contribution >= 4 is 5.91 Å². The number of rotatable bonds is 5. The molecule has 7 heteroatoms. The van der Waals surface area contributed by atoms with E-state index in [1.165, 1.54) is 16.9 Å². The standard InChI is InChI=1S/C17H17FN4O2/c1-12(11-23)20-16(24)13-10-19-22(15-7-3-2-6-14(15)18)17(13)21-8-4-5-9-21/h2-10,12,23H,11H2,1H3,(H,20,24)/t12-/m1/s1. The molecule has 0 radical (unpaired) electrons. The fourth-order valence-electron chi connectivity index (χ4n) is 2.37. The Kier molecular flexibility index (Phi) is 4.43. The summed E-state index contributed by atoms with van der Waals surface area (Å²) in [6.07, 6.45) is 4.89. The number of benzene rings is 1. The summed E-state index contributed by atoms with van der Waals surface area (Å²) < 4.78 is 17.2. The highest BCUT2D eigenvalue weighted by Crippen LogP contribution is 2.21. The zero-order chi connectivity index (χ0) is 17.1. The second-order valence-electron chi connectivity index (χ2n) is 5.39. The van der Waals surface area contributed by atoms with E-state index in [9.17, 15) is 9.18 Å². The zero-order valence-corrected chi connectivity index (χ0v) is 13.1. The van der Waals surface area contributed by atoms with E-state index < -0.39 is 11.9 Å². The van der Waals surface area contributed by atoms with E-state index in [4.69, 9.17) is 5.11 Å². The number of halogens is 1. The van der Waals surface area contributed by atoms with Gasteiger partial charge in [0, 0.05) is 18.4 Å². The van der Waals surface area contributed by atoms with E-state index in [1.54, 1.807) is 54.2 Å². The molecule has 3 aromatic rings. The van der Waals surface area contributed by atoms with Gasteiger partial charge in [-0.2, -0.15) is 5.10 Å². The number of carbonyl (C=O) groups excluding carboxylic acids is 1. The largest absolute Gasteiger partial charge is 0.394 e. The Balaban J connectivity index is 2.12. The second-order valence-corrected chi connectivity index (χ2v) is 5.39. The highest BCUT2D eigenvalue weighted by Gasteiger charge is 2.22. The maximum absolute atomic E-state index is 14.2. The SMILES string of the molecule is C[C@H](CO)NC(=O)c1cnn(-c2ccccc2F)c1-n1cccc1. The van der Waals surface area contributed by atoms with Crippen molar-refractivity contribution in [1.29, 1.82) is 0 Å². The summed E-state index contributed by atoms with van der Waals surface area (Å²) >= 11 is 0. The molecule has 1 atom stereocenters. The molecule has 0 bridgehead atoms. The van der Waals surface area contributed by atoms with Crippen LogP contribution in [0.5, 0.6) is 0 Å². The van der Waals surface area contributed by atoms with Gasteiger partial charge in [-0.3, -0.25) is 4.79 Å². The van der Waals surface area contributed by atoms with E-state index in [0.29, 0.717) is 5.82 Å². The Morgan fingerprint density at radius 2 is 2.00 bits per heavy atom. The molecule has 0 unspecified atom stereocenters. The molecule has 0 aliphatic carbocycles. The monoisotopic (exact) mass is 328 g/mol. The average molecular weight is 328 g/mol. The Morgan fingerprint density at radius 1 is 1.29 bits per heavy atom. The molecule has 2 N–H and O–H groups in total. The number of amides is 1. The number of aliphatic hydroxyl groups excluding tert-OH is 1. The lowest BCUT2D eigenvalue weighted by molar-refractivity contribution is 0.0922. The molecule has 2 aromatic heterocycles. The minimum absolute atomic E-state index is 0.175. The third kappa shape index (κ3) is 2.93. The minimum atomic E-state index is -0.440. The molecular formula is C17H17FN4O2. The number of nitrogens with zero attached hydrogens (tertiary/aromatic N) is 3. The molecule has 0 spiro atoms. The van der Waals surface area contributed by atoms with Crippen molar-refractivity contribution < 1.29 is 14.3 Å². The molecule has 0 fully saturated rings. The average Bonchev–Trinajstić information content (AvgIpc) is 3.24. The lowest BCUT2D eigenvalue weighted by Gasteiger charge is -2.13. The third-order valence-electron chi connectivity index (χ3n) is 3.57. The molecule has 124 valence electrons. The Labute approximate surface area is 138 Å². The summed E-state index contributed by atoms with van der Waals surface area (Å²) in [6.45, 7) is 1.51.